The molecule has 146 valence electrons. The van der Waals surface area contributed by atoms with Crippen LogP contribution in [0.4, 0.5) is 10.1 Å². The molecule has 29 heavy (non-hydrogen) atoms. The molecule has 0 bridgehead atoms. The number of anilines is 1. The average molecular weight is 426 g/mol. The number of fused-ring (bicyclic) bond motifs is 3. The summed E-state index contributed by atoms with van der Waals surface area (Å²) >= 11 is 7.82. The molecule has 1 amide bonds. The molecular weight excluding hydrogens is 409 g/mol. The smallest absolute Gasteiger partial charge is 0.264 e. The molecule has 1 aliphatic heterocycles. The standard InChI is InChI=1S/C22H17ClFN3OS/c23-21-15-13-19(29-20(15)14-5-1-3-7-17(14)25-21)22(28)27-11-9-26(10-12-27)18-8-4-2-6-16(18)24/h1-8,13H,9-12H2. The minimum Gasteiger partial charge on any atom is -0.366 e. The molecule has 0 aliphatic carbocycles. The monoisotopic (exact) mass is 425 g/mol. The molecule has 0 saturated carbocycles. The Bertz CT molecular complexity index is 1230. The van der Waals surface area contributed by atoms with Crippen LogP contribution in [0.5, 0.6) is 0 Å². The number of hydrogen-bond donors (Lipinski definition) is 0. The van der Waals surface area contributed by atoms with Gasteiger partial charge in [-0.1, -0.05) is 41.9 Å². The minimum absolute atomic E-state index is 0.0143. The molecule has 5 rings (SSSR count). The predicted molar refractivity (Wildman–Crippen MR) is 117 cm³/mol. The summed E-state index contributed by atoms with van der Waals surface area (Å²) in [5, 5.41) is 2.22. The van der Waals surface area contributed by atoms with Crippen molar-refractivity contribution in [2.45, 2.75) is 0 Å². The van der Waals surface area contributed by atoms with E-state index in [-0.39, 0.29) is 11.7 Å². The number of thiophene rings is 1. The molecule has 0 spiro atoms. The maximum absolute atomic E-state index is 14.0. The van der Waals surface area contributed by atoms with Gasteiger partial charge >= 0.3 is 0 Å². The SMILES string of the molecule is O=C(c1cc2c(Cl)nc3ccccc3c2s1)N1CCN(c2ccccc2F)CC1. The summed E-state index contributed by atoms with van der Waals surface area (Å²) in [6.45, 7) is 2.30. The molecule has 0 unspecified atom stereocenters. The molecule has 4 nitrogen and oxygen atoms in total. The van der Waals surface area contributed by atoms with E-state index < -0.39 is 0 Å². The molecule has 2 aromatic heterocycles. The van der Waals surface area contributed by atoms with E-state index in [0.717, 1.165) is 21.0 Å². The fourth-order valence-corrected chi connectivity index (χ4v) is 5.25. The van der Waals surface area contributed by atoms with Crippen molar-refractivity contribution < 1.29 is 9.18 Å². The van der Waals surface area contributed by atoms with E-state index in [1.807, 2.05) is 46.2 Å². The summed E-state index contributed by atoms with van der Waals surface area (Å²) in [6.07, 6.45) is 0. The number of aromatic nitrogens is 1. The first-order valence-electron chi connectivity index (χ1n) is 9.38. The Balaban J connectivity index is 1.40. The molecule has 4 aromatic rings. The molecule has 0 radical (unpaired) electrons. The number of benzene rings is 2. The van der Waals surface area contributed by atoms with E-state index in [4.69, 9.17) is 11.6 Å². The van der Waals surface area contributed by atoms with Gasteiger partial charge in [-0.05, 0) is 24.3 Å². The third kappa shape index (κ3) is 3.22. The van der Waals surface area contributed by atoms with Gasteiger partial charge in [-0.3, -0.25) is 4.79 Å². The van der Waals surface area contributed by atoms with Crippen LogP contribution in [-0.4, -0.2) is 42.0 Å². The number of rotatable bonds is 2. The van der Waals surface area contributed by atoms with Gasteiger partial charge in [-0.2, -0.15) is 0 Å². The Kier molecular flexibility index (Phi) is 4.60. The van der Waals surface area contributed by atoms with Gasteiger partial charge in [0.05, 0.1) is 16.1 Å². The second-order valence-corrected chi connectivity index (χ2v) is 8.41. The topological polar surface area (TPSA) is 36.4 Å². The van der Waals surface area contributed by atoms with Crippen LogP contribution >= 0.6 is 22.9 Å². The Morgan fingerprint density at radius 2 is 1.72 bits per heavy atom. The van der Waals surface area contributed by atoms with Crippen molar-refractivity contribution in [3.05, 3.63) is 70.4 Å². The number of piperazine rings is 1. The van der Waals surface area contributed by atoms with E-state index in [2.05, 4.69) is 4.98 Å². The van der Waals surface area contributed by atoms with Crippen molar-refractivity contribution in [2.24, 2.45) is 0 Å². The quantitative estimate of drug-likeness (QED) is 0.414. The van der Waals surface area contributed by atoms with Gasteiger partial charge < -0.3 is 9.80 Å². The maximum atomic E-state index is 14.0. The maximum Gasteiger partial charge on any atom is 0.264 e. The van der Waals surface area contributed by atoms with E-state index in [9.17, 15) is 9.18 Å². The molecule has 1 saturated heterocycles. The Labute approximate surface area is 176 Å². The zero-order valence-corrected chi connectivity index (χ0v) is 17.0. The zero-order chi connectivity index (χ0) is 20.0. The zero-order valence-electron chi connectivity index (χ0n) is 15.4. The Hall–Kier alpha value is -2.70. The van der Waals surface area contributed by atoms with Gasteiger partial charge in [-0.15, -0.1) is 11.3 Å². The van der Waals surface area contributed by atoms with Gasteiger partial charge in [0, 0.05) is 41.7 Å². The lowest BCUT2D eigenvalue weighted by molar-refractivity contribution is 0.0751. The summed E-state index contributed by atoms with van der Waals surface area (Å²) in [4.78, 5) is 22.0. The van der Waals surface area contributed by atoms with E-state index in [0.29, 0.717) is 41.9 Å². The average Bonchev–Trinajstić information content (AvgIpc) is 3.20. The highest BCUT2D eigenvalue weighted by Crippen LogP contribution is 2.36. The number of carbonyl (C=O) groups is 1. The number of pyridine rings is 1. The summed E-state index contributed by atoms with van der Waals surface area (Å²) < 4.78 is 15.0. The van der Waals surface area contributed by atoms with Gasteiger partial charge in [0.15, 0.2) is 0 Å². The highest BCUT2D eigenvalue weighted by molar-refractivity contribution is 7.21. The number of para-hydroxylation sites is 2. The second kappa shape index (κ2) is 7.28. The first kappa shape index (κ1) is 18.3. The number of carbonyl (C=O) groups excluding carboxylic acids is 1. The van der Waals surface area contributed by atoms with Crippen molar-refractivity contribution >= 4 is 55.5 Å². The van der Waals surface area contributed by atoms with Crippen molar-refractivity contribution in [3.8, 4) is 0 Å². The van der Waals surface area contributed by atoms with Gasteiger partial charge in [-0.25, -0.2) is 9.37 Å². The first-order valence-corrected chi connectivity index (χ1v) is 10.6. The van der Waals surface area contributed by atoms with E-state index in [1.165, 1.54) is 17.4 Å². The van der Waals surface area contributed by atoms with Gasteiger partial charge in [0.2, 0.25) is 0 Å². The summed E-state index contributed by atoms with van der Waals surface area (Å²) in [5.41, 5.74) is 1.41. The molecule has 1 aliphatic rings. The van der Waals surface area contributed by atoms with Crippen LogP contribution in [-0.2, 0) is 0 Å². The van der Waals surface area contributed by atoms with Crippen molar-refractivity contribution in [2.75, 3.05) is 31.1 Å². The fourth-order valence-electron chi connectivity index (χ4n) is 3.79. The van der Waals surface area contributed by atoms with E-state index in [1.54, 1.807) is 12.1 Å². The fraction of sp³-hybridized carbons (Fsp3) is 0.182. The van der Waals surface area contributed by atoms with Crippen LogP contribution in [0, 0.1) is 5.82 Å². The molecule has 2 aromatic carbocycles. The summed E-state index contributed by atoms with van der Waals surface area (Å²) in [6, 6.07) is 16.4. The van der Waals surface area contributed by atoms with Crippen LogP contribution in [0.1, 0.15) is 9.67 Å². The second-order valence-electron chi connectivity index (χ2n) is 7.00. The highest BCUT2D eigenvalue weighted by Gasteiger charge is 2.25. The number of amides is 1. The van der Waals surface area contributed by atoms with Crippen LogP contribution in [0.2, 0.25) is 5.15 Å². The third-order valence-corrected chi connectivity index (χ3v) is 6.74. The van der Waals surface area contributed by atoms with Crippen molar-refractivity contribution in [1.82, 2.24) is 9.88 Å². The summed E-state index contributed by atoms with van der Waals surface area (Å²) in [7, 11) is 0. The molecule has 1 fully saturated rings. The molecule has 3 heterocycles. The third-order valence-electron chi connectivity index (χ3n) is 5.29. The van der Waals surface area contributed by atoms with Crippen LogP contribution in [0.3, 0.4) is 0 Å². The molecular formula is C22H17ClFN3OS. The lowest BCUT2D eigenvalue weighted by atomic mass is 10.2. The normalized spacial score (nSPS) is 14.7. The van der Waals surface area contributed by atoms with E-state index >= 15 is 0 Å². The Morgan fingerprint density at radius 1 is 1.00 bits per heavy atom. The minimum atomic E-state index is -0.231. The summed E-state index contributed by atoms with van der Waals surface area (Å²) in [5.74, 6) is -0.245. The van der Waals surface area contributed by atoms with Crippen LogP contribution < -0.4 is 4.90 Å². The highest BCUT2D eigenvalue weighted by atomic mass is 35.5. The first-order chi connectivity index (χ1) is 14.1. The molecule has 0 N–H and O–H groups in total. The Morgan fingerprint density at radius 3 is 2.52 bits per heavy atom. The van der Waals surface area contributed by atoms with Crippen LogP contribution in [0.25, 0.3) is 21.0 Å². The van der Waals surface area contributed by atoms with Gasteiger partial charge in [0.1, 0.15) is 11.0 Å². The van der Waals surface area contributed by atoms with Crippen molar-refractivity contribution in [1.29, 1.82) is 0 Å². The van der Waals surface area contributed by atoms with Crippen molar-refractivity contribution in [3.63, 3.8) is 0 Å². The number of halogens is 2. The molecule has 0 atom stereocenters. The largest absolute Gasteiger partial charge is 0.366 e. The van der Waals surface area contributed by atoms with Gasteiger partial charge in [0.25, 0.3) is 5.91 Å². The lowest BCUT2D eigenvalue weighted by Crippen LogP contribution is -2.48. The number of nitrogens with zero attached hydrogens (tertiary/aromatic N) is 3. The molecule has 7 heteroatoms. The number of hydrogen-bond acceptors (Lipinski definition) is 4. The predicted octanol–water partition coefficient (Wildman–Crippen LogP) is 5.20. The lowest BCUT2D eigenvalue weighted by Gasteiger charge is -2.36. The van der Waals surface area contributed by atoms with Crippen LogP contribution in [0.15, 0.2) is 54.6 Å².